The van der Waals surface area contributed by atoms with Crippen LogP contribution < -0.4 is 5.32 Å². The number of sulfonamides is 1. The Morgan fingerprint density at radius 2 is 1.66 bits per heavy atom. The van der Waals surface area contributed by atoms with Crippen LogP contribution in [0.15, 0.2) is 53.4 Å². The number of hydrogen-bond donors (Lipinski definition) is 1. The molecule has 0 aromatic heterocycles. The number of likely N-dealkylation sites (N-methyl/N-ethyl adjacent to an activating group) is 1. The molecule has 7 nitrogen and oxygen atoms in total. The summed E-state index contributed by atoms with van der Waals surface area (Å²) in [4.78, 5) is 24.3. The van der Waals surface area contributed by atoms with Crippen LogP contribution in [0.5, 0.6) is 0 Å². The van der Waals surface area contributed by atoms with Gasteiger partial charge in [0.15, 0.2) is 0 Å². The van der Waals surface area contributed by atoms with Crippen molar-refractivity contribution in [1.82, 2.24) is 4.31 Å². The van der Waals surface area contributed by atoms with Gasteiger partial charge in [0.2, 0.25) is 15.9 Å². The lowest BCUT2D eigenvalue weighted by Crippen LogP contribution is -2.34. The lowest BCUT2D eigenvalue weighted by atomic mass is 10.2. The van der Waals surface area contributed by atoms with E-state index in [-0.39, 0.29) is 11.4 Å². The van der Waals surface area contributed by atoms with Gasteiger partial charge in [-0.2, -0.15) is 4.31 Å². The predicted molar refractivity (Wildman–Crippen MR) is 111 cm³/mol. The molecular formula is C21H26N2O5S. The zero-order valence-corrected chi connectivity index (χ0v) is 17.7. The van der Waals surface area contributed by atoms with Crippen LogP contribution >= 0.6 is 0 Å². The van der Waals surface area contributed by atoms with Crippen molar-refractivity contribution in [3.63, 3.8) is 0 Å². The SMILES string of the molecule is CCCCOC(=O)c1ccc(NC(=O)CN(C)S(=O)(=O)c2ccc(C)cc2)cc1. The van der Waals surface area contributed by atoms with Crippen molar-refractivity contribution >= 4 is 27.6 Å². The smallest absolute Gasteiger partial charge is 0.338 e. The van der Waals surface area contributed by atoms with E-state index in [4.69, 9.17) is 4.74 Å². The largest absolute Gasteiger partial charge is 0.462 e. The highest BCUT2D eigenvalue weighted by molar-refractivity contribution is 7.89. The summed E-state index contributed by atoms with van der Waals surface area (Å²) < 4.78 is 31.2. The molecule has 156 valence electrons. The average molecular weight is 419 g/mol. The topological polar surface area (TPSA) is 92.8 Å². The Bertz CT molecular complexity index is 938. The molecule has 0 unspecified atom stereocenters. The van der Waals surface area contributed by atoms with Crippen LogP contribution in [0.1, 0.15) is 35.7 Å². The summed E-state index contributed by atoms with van der Waals surface area (Å²) in [6, 6.07) is 12.7. The van der Waals surface area contributed by atoms with E-state index in [0.717, 1.165) is 22.7 Å². The van der Waals surface area contributed by atoms with Crippen molar-refractivity contribution in [3.8, 4) is 0 Å². The number of carbonyl (C=O) groups is 2. The number of rotatable bonds is 9. The van der Waals surface area contributed by atoms with Crippen molar-refractivity contribution in [2.75, 3.05) is 25.5 Å². The molecule has 2 aromatic rings. The maximum Gasteiger partial charge on any atom is 0.338 e. The Hall–Kier alpha value is -2.71. The summed E-state index contributed by atoms with van der Waals surface area (Å²) in [5.41, 5.74) is 1.79. The number of ether oxygens (including phenoxy) is 1. The molecule has 1 N–H and O–H groups in total. The second-order valence-electron chi connectivity index (χ2n) is 6.69. The van der Waals surface area contributed by atoms with Crippen molar-refractivity contribution in [2.24, 2.45) is 0 Å². The standard InChI is InChI=1S/C21H26N2O5S/c1-4-5-14-28-21(25)17-8-10-18(11-9-17)22-20(24)15-23(3)29(26,27)19-12-6-16(2)7-13-19/h6-13H,4-5,14-15H2,1-3H3,(H,22,24). The Kier molecular flexibility index (Phi) is 7.92. The van der Waals surface area contributed by atoms with E-state index < -0.39 is 21.9 Å². The minimum absolute atomic E-state index is 0.129. The van der Waals surface area contributed by atoms with Gasteiger partial charge in [-0.1, -0.05) is 31.0 Å². The van der Waals surface area contributed by atoms with Crippen molar-refractivity contribution in [1.29, 1.82) is 0 Å². The molecule has 0 fully saturated rings. The number of anilines is 1. The second kappa shape index (κ2) is 10.2. The van der Waals surface area contributed by atoms with Crippen LogP contribution in [0.4, 0.5) is 5.69 Å². The number of amides is 1. The molecule has 1 amide bonds. The number of hydrogen-bond acceptors (Lipinski definition) is 5. The maximum absolute atomic E-state index is 12.6. The van der Waals surface area contributed by atoms with E-state index in [9.17, 15) is 18.0 Å². The van der Waals surface area contributed by atoms with Crippen molar-refractivity contribution in [2.45, 2.75) is 31.6 Å². The Morgan fingerprint density at radius 3 is 2.24 bits per heavy atom. The molecule has 8 heteroatoms. The summed E-state index contributed by atoms with van der Waals surface area (Å²) in [6.07, 6.45) is 1.74. The summed E-state index contributed by atoms with van der Waals surface area (Å²) in [5, 5.41) is 2.63. The molecule has 0 aliphatic heterocycles. The van der Waals surface area contributed by atoms with Gasteiger partial charge in [-0.25, -0.2) is 13.2 Å². The molecule has 0 heterocycles. The molecule has 0 aliphatic rings. The Balaban J connectivity index is 1.94. The molecule has 0 saturated carbocycles. The molecule has 2 rings (SSSR count). The van der Waals surface area contributed by atoms with Crippen LogP contribution in [0, 0.1) is 6.92 Å². The number of unbranched alkanes of at least 4 members (excludes halogenated alkanes) is 1. The third kappa shape index (κ3) is 6.40. The fourth-order valence-electron chi connectivity index (χ4n) is 2.46. The minimum atomic E-state index is -3.76. The molecule has 0 saturated heterocycles. The minimum Gasteiger partial charge on any atom is -0.462 e. The van der Waals surface area contributed by atoms with E-state index in [1.165, 1.54) is 19.2 Å². The quantitative estimate of drug-likeness (QED) is 0.499. The lowest BCUT2D eigenvalue weighted by molar-refractivity contribution is -0.116. The first-order chi connectivity index (χ1) is 13.7. The first kappa shape index (κ1) is 22.6. The van der Waals surface area contributed by atoms with Crippen LogP contribution in [0.25, 0.3) is 0 Å². The zero-order valence-electron chi connectivity index (χ0n) is 16.8. The van der Waals surface area contributed by atoms with Crippen LogP contribution in [-0.4, -0.2) is 44.8 Å². The molecule has 0 spiro atoms. The van der Waals surface area contributed by atoms with Gasteiger partial charge in [0, 0.05) is 12.7 Å². The van der Waals surface area contributed by atoms with E-state index in [0.29, 0.717) is 17.9 Å². The normalized spacial score (nSPS) is 11.3. The monoisotopic (exact) mass is 418 g/mol. The molecule has 0 atom stereocenters. The van der Waals surface area contributed by atoms with Gasteiger partial charge in [0.1, 0.15) is 0 Å². The van der Waals surface area contributed by atoms with Crippen LogP contribution in [0.2, 0.25) is 0 Å². The zero-order chi connectivity index (χ0) is 21.4. The highest BCUT2D eigenvalue weighted by Crippen LogP contribution is 2.16. The molecule has 0 aliphatic carbocycles. The van der Waals surface area contributed by atoms with Gasteiger partial charge in [-0.05, 0) is 49.7 Å². The third-order valence-electron chi connectivity index (χ3n) is 4.23. The number of aryl methyl sites for hydroxylation is 1. The van der Waals surface area contributed by atoms with Crippen LogP contribution in [0.3, 0.4) is 0 Å². The van der Waals surface area contributed by atoms with Crippen molar-refractivity contribution < 1.29 is 22.7 Å². The third-order valence-corrected chi connectivity index (χ3v) is 6.05. The number of carbonyl (C=O) groups excluding carboxylic acids is 2. The van der Waals surface area contributed by atoms with E-state index in [1.807, 2.05) is 13.8 Å². The molecular weight excluding hydrogens is 392 g/mol. The van der Waals surface area contributed by atoms with E-state index in [2.05, 4.69) is 5.32 Å². The first-order valence-electron chi connectivity index (χ1n) is 9.34. The van der Waals surface area contributed by atoms with Crippen molar-refractivity contribution in [3.05, 3.63) is 59.7 Å². The average Bonchev–Trinajstić information content (AvgIpc) is 2.68. The highest BCUT2D eigenvalue weighted by Gasteiger charge is 2.22. The Labute approximate surface area is 171 Å². The second-order valence-corrected chi connectivity index (χ2v) is 8.73. The fraction of sp³-hybridized carbons (Fsp3) is 0.333. The summed E-state index contributed by atoms with van der Waals surface area (Å²) in [6.45, 7) is 3.91. The molecule has 0 radical (unpaired) electrons. The van der Waals surface area contributed by atoms with Crippen LogP contribution in [-0.2, 0) is 19.6 Å². The number of nitrogens with zero attached hydrogens (tertiary/aromatic N) is 1. The molecule has 2 aromatic carbocycles. The Morgan fingerprint density at radius 1 is 1.03 bits per heavy atom. The summed E-state index contributed by atoms with van der Waals surface area (Å²) in [5.74, 6) is -0.901. The maximum atomic E-state index is 12.6. The number of benzene rings is 2. The number of nitrogens with one attached hydrogen (secondary N) is 1. The van der Waals surface area contributed by atoms with Gasteiger partial charge in [-0.3, -0.25) is 4.79 Å². The molecule has 0 bridgehead atoms. The first-order valence-corrected chi connectivity index (χ1v) is 10.8. The van der Waals surface area contributed by atoms with Gasteiger partial charge < -0.3 is 10.1 Å². The van der Waals surface area contributed by atoms with Gasteiger partial charge in [0.05, 0.1) is 23.6 Å². The molecule has 29 heavy (non-hydrogen) atoms. The van der Waals surface area contributed by atoms with Gasteiger partial charge in [0.25, 0.3) is 0 Å². The van der Waals surface area contributed by atoms with Gasteiger partial charge in [-0.15, -0.1) is 0 Å². The lowest BCUT2D eigenvalue weighted by Gasteiger charge is -2.17. The summed E-state index contributed by atoms with van der Waals surface area (Å²) >= 11 is 0. The number of esters is 1. The van der Waals surface area contributed by atoms with Gasteiger partial charge >= 0.3 is 5.97 Å². The fourth-order valence-corrected chi connectivity index (χ4v) is 3.59. The highest BCUT2D eigenvalue weighted by atomic mass is 32.2. The van der Waals surface area contributed by atoms with E-state index in [1.54, 1.807) is 36.4 Å². The summed E-state index contributed by atoms with van der Waals surface area (Å²) in [7, 11) is -2.41. The predicted octanol–water partition coefficient (Wildman–Crippen LogP) is 3.21. The van der Waals surface area contributed by atoms with E-state index >= 15 is 0 Å².